The van der Waals surface area contributed by atoms with Gasteiger partial charge in [0.05, 0.1) is 0 Å². The van der Waals surface area contributed by atoms with E-state index in [-0.39, 0.29) is 0 Å². The van der Waals surface area contributed by atoms with Crippen LogP contribution < -0.4 is 10.5 Å². The highest BCUT2D eigenvalue weighted by Gasteiger charge is 2.18. The van der Waals surface area contributed by atoms with Gasteiger partial charge in [0.25, 0.3) is 0 Å². The van der Waals surface area contributed by atoms with Gasteiger partial charge in [0.2, 0.25) is 0 Å². The number of hydrogen-bond acceptors (Lipinski definition) is 4. The van der Waals surface area contributed by atoms with Gasteiger partial charge in [0.15, 0.2) is 0 Å². The zero-order valence-corrected chi connectivity index (χ0v) is 12.7. The van der Waals surface area contributed by atoms with Crippen molar-refractivity contribution in [3.05, 3.63) is 29.8 Å². The summed E-state index contributed by atoms with van der Waals surface area (Å²) in [5, 5.41) is 0. The summed E-state index contributed by atoms with van der Waals surface area (Å²) in [6.07, 6.45) is 1.24. The molecule has 1 unspecified atom stereocenters. The monoisotopic (exact) mass is 277 g/mol. The van der Waals surface area contributed by atoms with E-state index in [2.05, 4.69) is 23.8 Å². The third-order valence-electron chi connectivity index (χ3n) is 3.97. The average molecular weight is 277 g/mol. The van der Waals surface area contributed by atoms with E-state index in [9.17, 15) is 0 Å². The van der Waals surface area contributed by atoms with Crippen LogP contribution in [-0.4, -0.2) is 55.7 Å². The Hall–Kier alpha value is -1.10. The molecular weight excluding hydrogens is 250 g/mol. The Kier molecular flexibility index (Phi) is 5.83. The van der Waals surface area contributed by atoms with E-state index in [4.69, 9.17) is 10.5 Å². The second-order valence-corrected chi connectivity index (χ2v) is 5.70. The molecule has 1 aliphatic heterocycles. The number of nitrogens with zero attached hydrogens (tertiary/aromatic N) is 2. The van der Waals surface area contributed by atoms with Gasteiger partial charge in [-0.3, -0.25) is 4.90 Å². The van der Waals surface area contributed by atoms with Crippen molar-refractivity contribution in [2.75, 3.05) is 39.8 Å². The van der Waals surface area contributed by atoms with Crippen molar-refractivity contribution in [3.63, 3.8) is 0 Å². The van der Waals surface area contributed by atoms with E-state index in [1.54, 1.807) is 0 Å². The molecule has 4 heteroatoms. The molecule has 0 saturated carbocycles. The molecule has 0 amide bonds. The van der Waals surface area contributed by atoms with Crippen molar-refractivity contribution in [2.45, 2.75) is 25.9 Å². The lowest BCUT2D eigenvalue weighted by molar-refractivity contribution is 0.166. The van der Waals surface area contributed by atoms with Gasteiger partial charge in [-0.2, -0.15) is 0 Å². The SMILES string of the molecule is CC1CN(C)CCCN1CCOc1cccc(CN)c1. The molecule has 1 aromatic rings. The first-order valence-electron chi connectivity index (χ1n) is 7.53. The number of rotatable bonds is 5. The second kappa shape index (κ2) is 7.62. The normalized spacial score (nSPS) is 21.6. The van der Waals surface area contributed by atoms with Crippen molar-refractivity contribution < 1.29 is 4.74 Å². The number of benzene rings is 1. The number of likely N-dealkylation sites (N-methyl/N-ethyl adjacent to an activating group) is 1. The van der Waals surface area contributed by atoms with E-state index in [0.29, 0.717) is 12.6 Å². The minimum Gasteiger partial charge on any atom is -0.492 e. The van der Waals surface area contributed by atoms with Crippen LogP contribution >= 0.6 is 0 Å². The fourth-order valence-electron chi connectivity index (χ4n) is 2.80. The third kappa shape index (κ3) is 4.47. The van der Waals surface area contributed by atoms with Gasteiger partial charge in [0.1, 0.15) is 12.4 Å². The summed E-state index contributed by atoms with van der Waals surface area (Å²) >= 11 is 0. The molecule has 0 aromatic heterocycles. The highest BCUT2D eigenvalue weighted by Crippen LogP contribution is 2.13. The summed E-state index contributed by atoms with van der Waals surface area (Å²) < 4.78 is 5.86. The minimum atomic E-state index is 0.562. The standard InChI is InChI=1S/C16H27N3O/c1-14-13-18(2)7-4-8-19(14)9-10-20-16-6-3-5-15(11-16)12-17/h3,5-6,11,14H,4,7-10,12-13,17H2,1-2H3. The van der Waals surface area contributed by atoms with E-state index in [1.807, 2.05) is 24.3 Å². The van der Waals surface area contributed by atoms with E-state index >= 15 is 0 Å². The van der Waals surface area contributed by atoms with Crippen LogP contribution in [-0.2, 0) is 6.54 Å². The molecule has 1 atom stereocenters. The van der Waals surface area contributed by atoms with Crippen LogP contribution in [0.1, 0.15) is 18.9 Å². The molecule has 0 spiro atoms. The predicted molar refractivity (Wildman–Crippen MR) is 83.0 cm³/mol. The summed E-state index contributed by atoms with van der Waals surface area (Å²) in [4.78, 5) is 4.94. The van der Waals surface area contributed by atoms with Crippen LogP contribution in [0.25, 0.3) is 0 Å². The molecule has 1 saturated heterocycles. The van der Waals surface area contributed by atoms with E-state index < -0.39 is 0 Å². The molecule has 0 radical (unpaired) electrons. The molecule has 1 aromatic carbocycles. The Morgan fingerprint density at radius 3 is 3.00 bits per heavy atom. The highest BCUT2D eigenvalue weighted by atomic mass is 16.5. The van der Waals surface area contributed by atoms with Crippen LogP contribution in [0.15, 0.2) is 24.3 Å². The average Bonchev–Trinajstić information content (AvgIpc) is 2.60. The molecule has 20 heavy (non-hydrogen) atoms. The molecular formula is C16H27N3O. The van der Waals surface area contributed by atoms with Crippen LogP contribution in [0.5, 0.6) is 5.75 Å². The summed E-state index contributed by atoms with van der Waals surface area (Å²) in [5.41, 5.74) is 6.76. The third-order valence-corrected chi connectivity index (χ3v) is 3.97. The van der Waals surface area contributed by atoms with Gasteiger partial charge in [-0.25, -0.2) is 0 Å². The lowest BCUT2D eigenvalue weighted by Crippen LogP contribution is -2.40. The smallest absolute Gasteiger partial charge is 0.119 e. The zero-order valence-electron chi connectivity index (χ0n) is 12.7. The van der Waals surface area contributed by atoms with E-state index in [1.165, 1.54) is 13.0 Å². The highest BCUT2D eigenvalue weighted by molar-refractivity contribution is 5.28. The number of ether oxygens (including phenoxy) is 1. The molecule has 2 rings (SSSR count). The van der Waals surface area contributed by atoms with Gasteiger partial charge < -0.3 is 15.4 Å². The summed E-state index contributed by atoms with van der Waals surface area (Å²) in [5.74, 6) is 0.924. The molecule has 112 valence electrons. The van der Waals surface area contributed by atoms with Crippen LogP contribution in [0, 0.1) is 0 Å². The summed E-state index contributed by atoms with van der Waals surface area (Å²) in [6.45, 7) is 8.09. The maximum atomic E-state index is 5.86. The Bertz CT molecular complexity index is 410. The van der Waals surface area contributed by atoms with Gasteiger partial charge in [-0.1, -0.05) is 12.1 Å². The van der Waals surface area contributed by atoms with Crippen molar-refractivity contribution in [1.29, 1.82) is 0 Å². The molecule has 0 bridgehead atoms. The first-order chi connectivity index (χ1) is 9.69. The van der Waals surface area contributed by atoms with Crippen molar-refractivity contribution in [2.24, 2.45) is 5.73 Å². The largest absolute Gasteiger partial charge is 0.492 e. The first kappa shape index (κ1) is 15.3. The zero-order chi connectivity index (χ0) is 14.4. The van der Waals surface area contributed by atoms with Gasteiger partial charge in [0, 0.05) is 25.7 Å². The maximum absolute atomic E-state index is 5.86. The summed E-state index contributed by atoms with van der Waals surface area (Å²) in [7, 11) is 2.20. The quantitative estimate of drug-likeness (QED) is 0.886. The van der Waals surface area contributed by atoms with Crippen molar-refractivity contribution >= 4 is 0 Å². The topological polar surface area (TPSA) is 41.7 Å². The lowest BCUT2D eigenvalue weighted by Gasteiger charge is -2.27. The summed E-state index contributed by atoms with van der Waals surface area (Å²) in [6, 6.07) is 8.65. The number of hydrogen-bond donors (Lipinski definition) is 1. The van der Waals surface area contributed by atoms with E-state index in [0.717, 1.165) is 37.6 Å². The Labute approximate surface area is 122 Å². The Morgan fingerprint density at radius 1 is 1.35 bits per heavy atom. The number of nitrogens with two attached hydrogens (primary N) is 1. The Balaban J connectivity index is 1.79. The fourth-order valence-corrected chi connectivity index (χ4v) is 2.80. The first-order valence-corrected chi connectivity index (χ1v) is 7.53. The van der Waals surface area contributed by atoms with Gasteiger partial charge in [-0.15, -0.1) is 0 Å². The van der Waals surface area contributed by atoms with Crippen LogP contribution in [0.4, 0.5) is 0 Å². The molecule has 1 fully saturated rings. The van der Waals surface area contributed by atoms with Crippen LogP contribution in [0.2, 0.25) is 0 Å². The molecule has 1 heterocycles. The molecule has 1 aliphatic rings. The van der Waals surface area contributed by atoms with Crippen molar-refractivity contribution in [3.8, 4) is 5.75 Å². The molecule has 4 nitrogen and oxygen atoms in total. The maximum Gasteiger partial charge on any atom is 0.119 e. The lowest BCUT2D eigenvalue weighted by atomic mass is 10.2. The minimum absolute atomic E-state index is 0.562. The van der Waals surface area contributed by atoms with Crippen molar-refractivity contribution in [1.82, 2.24) is 9.80 Å². The van der Waals surface area contributed by atoms with Crippen LogP contribution in [0.3, 0.4) is 0 Å². The fraction of sp³-hybridized carbons (Fsp3) is 0.625. The Morgan fingerprint density at radius 2 is 2.20 bits per heavy atom. The van der Waals surface area contributed by atoms with Gasteiger partial charge >= 0.3 is 0 Å². The second-order valence-electron chi connectivity index (χ2n) is 5.70. The molecule has 0 aliphatic carbocycles. The predicted octanol–water partition coefficient (Wildman–Crippen LogP) is 1.55. The molecule has 2 N–H and O–H groups in total. The van der Waals surface area contributed by atoms with Gasteiger partial charge in [-0.05, 0) is 51.2 Å².